The summed E-state index contributed by atoms with van der Waals surface area (Å²) >= 11 is 0. The maximum atomic E-state index is 2.99. The number of allylic oxidation sites excluding steroid dienone is 4. The molecule has 1 radical (unpaired) electrons. The van der Waals surface area contributed by atoms with Crippen LogP contribution in [0.4, 0.5) is 0 Å². The van der Waals surface area contributed by atoms with Crippen LogP contribution in [-0.2, 0) is 26.2 Å². The van der Waals surface area contributed by atoms with Crippen molar-refractivity contribution in [2.75, 3.05) is 0 Å². The molecular formula is C5H6ClZr. The molecule has 2 heteroatoms. The van der Waals surface area contributed by atoms with E-state index in [1.807, 2.05) is 12.2 Å². The first kappa shape index (κ1) is 10.6. The summed E-state index contributed by atoms with van der Waals surface area (Å²) in [5, 5.41) is 0. The molecule has 1 aliphatic rings. The van der Waals surface area contributed by atoms with E-state index in [2.05, 4.69) is 12.2 Å². The van der Waals surface area contributed by atoms with Gasteiger partial charge in [-0.05, 0) is 0 Å². The SMILES string of the molecule is [C-]1=CC=CC1.[Cl-].[H-].[Zr+3]. The number of hydrogen-bond donors (Lipinski definition) is 0. The van der Waals surface area contributed by atoms with Gasteiger partial charge in [0.05, 0.1) is 0 Å². The predicted molar refractivity (Wildman–Crippen MR) is 22.7 cm³/mol. The van der Waals surface area contributed by atoms with Crippen LogP contribution < -0.4 is 12.4 Å². The number of rotatable bonds is 0. The summed E-state index contributed by atoms with van der Waals surface area (Å²) in [6.45, 7) is 0. The Bertz CT molecular complexity index is 70.5. The third-order valence-electron chi connectivity index (χ3n) is 0.586. The standard InChI is InChI=1S/C5H5.ClH.Zr.H/c1-2-4-5-3-1;;;/h1-3H,4H2;1H;;/q-1;;+3;-1/p-1. The van der Waals surface area contributed by atoms with Gasteiger partial charge in [0, 0.05) is 0 Å². The van der Waals surface area contributed by atoms with Crippen molar-refractivity contribution in [2.45, 2.75) is 6.42 Å². The van der Waals surface area contributed by atoms with E-state index in [-0.39, 0.29) is 40.0 Å². The molecule has 0 fully saturated rings. The van der Waals surface area contributed by atoms with Crippen LogP contribution in [0.15, 0.2) is 18.2 Å². The van der Waals surface area contributed by atoms with Gasteiger partial charge in [-0.1, -0.05) is 0 Å². The molecule has 0 unspecified atom stereocenters. The minimum Gasteiger partial charge on any atom is -1.00 e. The summed E-state index contributed by atoms with van der Waals surface area (Å²) in [5.41, 5.74) is 0. The van der Waals surface area contributed by atoms with Crippen LogP contribution >= 0.6 is 0 Å². The van der Waals surface area contributed by atoms with Crippen molar-refractivity contribution in [1.82, 2.24) is 0 Å². The molecule has 0 N–H and O–H groups in total. The number of halogens is 1. The summed E-state index contributed by atoms with van der Waals surface area (Å²) < 4.78 is 0. The van der Waals surface area contributed by atoms with Gasteiger partial charge in [0.2, 0.25) is 0 Å². The fourth-order valence-electron chi connectivity index (χ4n) is 0.340. The minimum atomic E-state index is 0. The maximum absolute atomic E-state index is 2.99. The zero-order valence-electron chi connectivity index (χ0n) is 4.82. The zero-order valence-corrected chi connectivity index (χ0v) is 7.03. The number of hydrogen-bond acceptors (Lipinski definition) is 0. The van der Waals surface area contributed by atoms with Gasteiger partial charge in [-0.3, -0.25) is 6.08 Å². The fourth-order valence-corrected chi connectivity index (χ4v) is 0.340. The van der Waals surface area contributed by atoms with E-state index in [1.54, 1.807) is 0 Å². The predicted octanol–water partition coefficient (Wildman–Crippen LogP) is -1.58. The maximum Gasteiger partial charge on any atom is 3.00 e. The summed E-state index contributed by atoms with van der Waals surface area (Å²) in [6.07, 6.45) is 10.0. The van der Waals surface area contributed by atoms with Crippen LogP contribution in [0.3, 0.4) is 0 Å². The van der Waals surface area contributed by atoms with Crippen LogP contribution in [0, 0.1) is 6.08 Å². The van der Waals surface area contributed by atoms with Gasteiger partial charge in [0.25, 0.3) is 0 Å². The third-order valence-corrected chi connectivity index (χ3v) is 0.586. The minimum absolute atomic E-state index is 0. The van der Waals surface area contributed by atoms with Gasteiger partial charge in [0.15, 0.2) is 0 Å². The van der Waals surface area contributed by atoms with Gasteiger partial charge in [0.1, 0.15) is 0 Å². The van der Waals surface area contributed by atoms with Crippen LogP contribution in [0.2, 0.25) is 0 Å². The first-order valence-electron chi connectivity index (χ1n) is 1.72. The Morgan fingerprint density at radius 1 is 1.57 bits per heavy atom. The van der Waals surface area contributed by atoms with E-state index in [9.17, 15) is 0 Å². The molecule has 0 atom stereocenters. The Morgan fingerprint density at radius 3 is 2.43 bits per heavy atom. The molecule has 1 aliphatic carbocycles. The molecule has 7 heavy (non-hydrogen) atoms. The zero-order chi connectivity index (χ0) is 3.54. The molecule has 0 aromatic carbocycles. The fraction of sp³-hybridized carbons (Fsp3) is 0.200. The molecular weight excluding hydrogens is 187 g/mol. The molecule has 0 bridgehead atoms. The van der Waals surface area contributed by atoms with Crippen molar-refractivity contribution in [3.05, 3.63) is 24.3 Å². The molecule has 0 saturated carbocycles. The van der Waals surface area contributed by atoms with Crippen LogP contribution in [0.5, 0.6) is 0 Å². The smallest absolute Gasteiger partial charge is 1.00 e. The molecule has 0 saturated heterocycles. The van der Waals surface area contributed by atoms with E-state index < -0.39 is 0 Å². The molecule has 0 aromatic rings. The topological polar surface area (TPSA) is 0 Å². The summed E-state index contributed by atoms with van der Waals surface area (Å²) in [6, 6.07) is 0. The Kier molecular flexibility index (Phi) is 10.1. The first-order chi connectivity index (χ1) is 2.50. The van der Waals surface area contributed by atoms with Gasteiger partial charge in [-0.25, -0.2) is 12.2 Å². The van der Waals surface area contributed by atoms with Crippen LogP contribution in [-0.4, -0.2) is 0 Å². The van der Waals surface area contributed by atoms with Crippen molar-refractivity contribution >= 4 is 0 Å². The molecule has 37 valence electrons. The Labute approximate surface area is 70.7 Å². The van der Waals surface area contributed by atoms with Gasteiger partial charge in [-0.2, -0.15) is 6.08 Å². The average molecular weight is 193 g/mol. The van der Waals surface area contributed by atoms with E-state index in [0.717, 1.165) is 6.42 Å². The van der Waals surface area contributed by atoms with Crippen molar-refractivity contribution in [3.63, 3.8) is 0 Å². The van der Waals surface area contributed by atoms with E-state index in [4.69, 9.17) is 0 Å². The van der Waals surface area contributed by atoms with Crippen molar-refractivity contribution in [2.24, 2.45) is 0 Å². The summed E-state index contributed by atoms with van der Waals surface area (Å²) in [5.74, 6) is 0. The Balaban J connectivity index is -0.0000000833. The van der Waals surface area contributed by atoms with Crippen molar-refractivity contribution < 1.29 is 40.0 Å². The molecule has 0 amide bonds. The summed E-state index contributed by atoms with van der Waals surface area (Å²) in [7, 11) is 0. The molecule has 0 nitrogen and oxygen atoms in total. The second-order valence-electron chi connectivity index (χ2n) is 1.00. The molecule has 0 spiro atoms. The molecule has 0 heterocycles. The summed E-state index contributed by atoms with van der Waals surface area (Å²) in [4.78, 5) is 0. The Hall–Kier alpha value is 0.653. The van der Waals surface area contributed by atoms with Gasteiger partial charge >= 0.3 is 26.2 Å². The van der Waals surface area contributed by atoms with E-state index >= 15 is 0 Å². The third kappa shape index (κ3) is 4.51. The average Bonchev–Trinajstić information content (AvgIpc) is 1.76. The molecule has 0 aliphatic heterocycles. The Morgan fingerprint density at radius 2 is 2.29 bits per heavy atom. The van der Waals surface area contributed by atoms with Crippen LogP contribution in [0.25, 0.3) is 0 Å². The quantitative estimate of drug-likeness (QED) is 0.407. The van der Waals surface area contributed by atoms with E-state index in [1.165, 1.54) is 0 Å². The normalized spacial score (nSPS) is 12.6. The largest absolute Gasteiger partial charge is 3.00 e. The van der Waals surface area contributed by atoms with Crippen molar-refractivity contribution in [3.8, 4) is 0 Å². The molecule has 1 rings (SSSR count). The molecule has 0 aromatic heterocycles. The second kappa shape index (κ2) is 6.65. The van der Waals surface area contributed by atoms with Gasteiger partial charge < -0.3 is 13.8 Å². The monoisotopic (exact) mass is 191 g/mol. The first-order valence-corrected chi connectivity index (χ1v) is 1.72. The van der Waals surface area contributed by atoms with E-state index in [0.29, 0.717) is 0 Å². The van der Waals surface area contributed by atoms with Crippen LogP contribution in [0.1, 0.15) is 7.85 Å². The van der Waals surface area contributed by atoms with Gasteiger partial charge in [-0.15, -0.1) is 6.42 Å². The van der Waals surface area contributed by atoms with Crippen molar-refractivity contribution in [1.29, 1.82) is 0 Å². The second-order valence-corrected chi connectivity index (χ2v) is 1.00.